The van der Waals surface area contributed by atoms with Crippen molar-refractivity contribution < 1.29 is 27.7 Å². The van der Waals surface area contributed by atoms with Gasteiger partial charge in [0.1, 0.15) is 0 Å². The predicted molar refractivity (Wildman–Crippen MR) is 102 cm³/mol. The van der Waals surface area contributed by atoms with Crippen LogP contribution in [0.3, 0.4) is 0 Å². The molecule has 8 nitrogen and oxygen atoms in total. The molecule has 0 radical (unpaired) electrons. The van der Waals surface area contributed by atoms with Crippen molar-refractivity contribution in [3.05, 3.63) is 35.3 Å². The quantitative estimate of drug-likeness (QED) is 0.633. The highest BCUT2D eigenvalue weighted by Gasteiger charge is 2.45. The Morgan fingerprint density at radius 1 is 1.21 bits per heavy atom. The maximum Gasteiger partial charge on any atom is 0.261 e. The second-order valence-electron chi connectivity index (χ2n) is 8.49. The molecular formula is C20H25N2O6S-. The van der Waals surface area contributed by atoms with E-state index in [0.717, 1.165) is 37.1 Å². The summed E-state index contributed by atoms with van der Waals surface area (Å²) in [5, 5.41) is 11.6. The number of carbonyl (C=O) groups excluding carboxylic acids is 2. The van der Waals surface area contributed by atoms with Gasteiger partial charge >= 0.3 is 0 Å². The number of Topliss-reactive ketones (excluding diaryl/α,β-unsaturated/α-hetero) is 1. The van der Waals surface area contributed by atoms with E-state index in [1.54, 1.807) is 0 Å². The summed E-state index contributed by atoms with van der Waals surface area (Å²) in [4.78, 5) is 27.9. The first-order chi connectivity index (χ1) is 13.6. The summed E-state index contributed by atoms with van der Waals surface area (Å²) in [7, 11) is -3.67. The first kappa shape index (κ1) is 20.2. The van der Waals surface area contributed by atoms with E-state index in [1.807, 2.05) is 0 Å². The number of nitrogens with zero attached hydrogens (tertiary/aromatic N) is 2. The maximum atomic E-state index is 11.9. The third-order valence-electron chi connectivity index (χ3n) is 6.52. The maximum absolute atomic E-state index is 11.9. The number of piperidine rings is 1. The summed E-state index contributed by atoms with van der Waals surface area (Å²) in [6, 6.07) is 0.318. The van der Waals surface area contributed by atoms with Gasteiger partial charge in [-0.25, -0.2) is 0 Å². The molecule has 1 aliphatic carbocycles. The van der Waals surface area contributed by atoms with Gasteiger partial charge in [-0.1, -0.05) is 12.8 Å². The number of allylic oxidation sites excluding steroid dienone is 4. The van der Waals surface area contributed by atoms with Crippen LogP contribution >= 0.6 is 0 Å². The zero-order chi connectivity index (χ0) is 20.9. The van der Waals surface area contributed by atoms with Crippen molar-refractivity contribution in [1.82, 2.24) is 9.80 Å². The number of carbonyl (C=O) groups is 2. The van der Waals surface area contributed by atoms with Crippen molar-refractivity contribution in [2.45, 2.75) is 38.1 Å². The van der Waals surface area contributed by atoms with E-state index < -0.39 is 16.1 Å². The summed E-state index contributed by atoms with van der Waals surface area (Å²) >= 11 is 0. The third kappa shape index (κ3) is 3.98. The smallest absolute Gasteiger partial charge is 0.261 e. The molecule has 5 aliphatic heterocycles. The Bertz CT molecular complexity index is 927. The molecule has 6 aliphatic rings. The van der Waals surface area contributed by atoms with E-state index >= 15 is 0 Å². The fourth-order valence-electron chi connectivity index (χ4n) is 5.35. The molecule has 0 spiro atoms. The molecule has 4 atom stereocenters. The molecule has 5 heterocycles. The Labute approximate surface area is 170 Å². The number of fused-ring (bicyclic) bond motifs is 2. The average Bonchev–Trinajstić information content (AvgIpc) is 3.00. The minimum atomic E-state index is -3.67. The lowest BCUT2D eigenvalue weighted by molar-refractivity contribution is -0.312. The van der Waals surface area contributed by atoms with E-state index in [2.05, 4.69) is 28.0 Å². The van der Waals surface area contributed by atoms with Crippen LogP contribution in [0.4, 0.5) is 0 Å². The first-order valence-electron chi connectivity index (χ1n) is 9.96. The molecule has 0 aromatic rings. The number of carboxylic acids is 1. The fourth-order valence-corrected chi connectivity index (χ4v) is 5.35. The monoisotopic (exact) mass is 421 g/mol. The van der Waals surface area contributed by atoms with Gasteiger partial charge in [-0.2, -0.15) is 8.42 Å². The number of ketones is 1. The summed E-state index contributed by atoms with van der Waals surface area (Å²) in [5.74, 6) is -0.698. The number of aliphatic carboxylic acids is 1. The van der Waals surface area contributed by atoms with Gasteiger partial charge in [-0.05, 0) is 37.0 Å². The van der Waals surface area contributed by atoms with E-state index in [1.165, 1.54) is 12.1 Å². The third-order valence-corrected chi connectivity index (χ3v) is 6.52. The van der Waals surface area contributed by atoms with Gasteiger partial charge in [0.15, 0.2) is 5.78 Å². The van der Waals surface area contributed by atoms with Crippen LogP contribution in [0.5, 0.6) is 0 Å². The largest absolute Gasteiger partial charge is 0.550 e. The molecule has 1 N–H and O–H groups in total. The van der Waals surface area contributed by atoms with E-state index in [0.29, 0.717) is 31.2 Å². The van der Waals surface area contributed by atoms with Gasteiger partial charge in [-0.3, -0.25) is 9.35 Å². The second kappa shape index (κ2) is 7.28. The van der Waals surface area contributed by atoms with Crippen molar-refractivity contribution in [2.24, 2.45) is 17.8 Å². The van der Waals surface area contributed by atoms with Crippen LogP contribution < -0.4 is 5.11 Å². The highest BCUT2D eigenvalue weighted by molar-refractivity contribution is 7.85. The Morgan fingerprint density at radius 3 is 2.52 bits per heavy atom. The zero-order valence-corrected chi connectivity index (χ0v) is 17.1. The van der Waals surface area contributed by atoms with Gasteiger partial charge in [0.05, 0.1) is 12.8 Å². The fraction of sp³-hybridized carbons (Fsp3) is 0.600. The zero-order valence-electron chi connectivity index (χ0n) is 16.3. The lowest BCUT2D eigenvalue weighted by atomic mass is 9.79. The van der Waals surface area contributed by atoms with Gasteiger partial charge in [0.2, 0.25) is 0 Å². The van der Waals surface area contributed by atoms with Crippen molar-refractivity contribution in [3.8, 4) is 0 Å². The average molecular weight is 421 g/mol. The molecule has 0 aromatic carbocycles. The Morgan fingerprint density at radius 2 is 1.90 bits per heavy atom. The Balaban J connectivity index is 0.000000369. The SMILES string of the molecule is CS(=O)(=O)O.O=C([O-])C1CN(C2=CC3=C[C@H]4CC(=C2)N3CC4=O)C2CCCCC12. The summed E-state index contributed by atoms with van der Waals surface area (Å²) < 4.78 is 25.9. The standard InChI is InChI=1S/C19H22N2O3.CH4O3S/c22-18-10-20-12-5-11(18)6-13(20)8-14(7-12)21-9-16(19(23)24)15-3-1-2-4-17(15)21;1-5(2,3)4/h5,7-8,11,15-17H,1-4,6,9-10H2,(H,23,24);1H3,(H,2,3,4)/p-1/t11-,15?,16?,17?;/m0./s1. The first-order valence-corrected chi connectivity index (χ1v) is 11.8. The van der Waals surface area contributed by atoms with Crippen molar-refractivity contribution in [1.29, 1.82) is 0 Å². The molecule has 1 saturated carbocycles. The lowest BCUT2D eigenvalue weighted by Crippen LogP contribution is -2.45. The van der Waals surface area contributed by atoms with Crippen LogP contribution in [-0.2, 0) is 19.7 Å². The van der Waals surface area contributed by atoms with Crippen LogP contribution in [-0.4, -0.2) is 59.9 Å². The van der Waals surface area contributed by atoms with Crippen LogP contribution in [0.15, 0.2) is 35.3 Å². The number of likely N-dealkylation sites (tertiary alicyclic amines) is 1. The van der Waals surface area contributed by atoms with E-state index in [-0.39, 0.29) is 17.8 Å². The number of rotatable bonds is 2. The van der Waals surface area contributed by atoms with Crippen molar-refractivity contribution in [3.63, 3.8) is 0 Å². The molecular weight excluding hydrogens is 396 g/mol. The topological polar surface area (TPSA) is 118 Å². The molecule has 0 aromatic heterocycles. The second-order valence-corrected chi connectivity index (χ2v) is 9.95. The number of carboxylic acid groups (broad SMARTS) is 1. The van der Waals surface area contributed by atoms with Gasteiger partial charge in [-0.15, -0.1) is 0 Å². The molecule has 0 amide bonds. The van der Waals surface area contributed by atoms with Crippen molar-refractivity contribution >= 4 is 21.9 Å². The van der Waals surface area contributed by atoms with Crippen LogP contribution in [0, 0.1) is 17.8 Å². The lowest BCUT2D eigenvalue weighted by Gasteiger charge is -2.44. The molecule has 158 valence electrons. The Kier molecular flexibility index (Phi) is 5.06. The van der Waals surface area contributed by atoms with Gasteiger partial charge < -0.3 is 19.7 Å². The summed E-state index contributed by atoms with van der Waals surface area (Å²) in [6.45, 7) is 1.04. The Hall–Kier alpha value is -2.13. The van der Waals surface area contributed by atoms with Gasteiger partial charge in [0, 0.05) is 53.9 Å². The predicted octanol–water partition coefficient (Wildman–Crippen LogP) is 0.301. The number of hydrogen-bond donors (Lipinski definition) is 1. The highest BCUT2D eigenvalue weighted by Crippen LogP contribution is 2.45. The molecule has 9 heteroatoms. The minimum Gasteiger partial charge on any atom is -0.550 e. The number of hydrogen-bond acceptors (Lipinski definition) is 7. The summed E-state index contributed by atoms with van der Waals surface area (Å²) in [5.41, 5.74) is 3.45. The van der Waals surface area contributed by atoms with Crippen LogP contribution in [0.1, 0.15) is 32.1 Å². The van der Waals surface area contributed by atoms with Gasteiger partial charge in [0.25, 0.3) is 10.1 Å². The molecule has 2 saturated heterocycles. The summed E-state index contributed by atoms with van der Waals surface area (Å²) in [6.07, 6.45) is 12.3. The minimum absolute atomic E-state index is 0.0334. The molecule has 3 unspecified atom stereocenters. The van der Waals surface area contributed by atoms with E-state index in [9.17, 15) is 23.1 Å². The van der Waals surface area contributed by atoms with Crippen LogP contribution in [0.2, 0.25) is 0 Å². The molecule has 29 heavy (non-hydrogen) atoms. The normalized spacial score (nSPS) is 32.6. The van der Waals surface area contributed by atoms with Crippen molar-refractivity contribution in [2.75, 3.05) is 19.3 Å². The molecule has 6 rings (SSSR count). The molecule has 4 bridgehead atoms. The van der Waals surface area contributed by atoms with E-state index in [4.69, 9.17) is 4.55 Å². The molecule has 3 fully saturated rings. The van der Waals surface area contributed by atoms with Crippen LogP contribution in [0.25, 0.3) is 0 Å². The highest BCUT2D eigenvalue weighted by atomic mass is 32.2.